The Hall–Kier alpha value is -3.95. The van der Waals surface area contributed by atoms with Crippen LogP contribution in [0.4, 0.5) is 10.5 Å². The van der Waals surface area contributed by atoms with Crippen LogP contribution in [0.25, 0.3) is 0 Å². The number of carbonyl (C=O) groups excluding carboxylic acids is 4. The maximum Gasteiger partial charge on any atom is 0.328 e. The number of nitrogens with two attached hydrogens (primary N) is 1. The number of barbiturate groups is 1. The van der Waals surface area contributed by atoms with Gasteiger partial charge in [-0.3, -0.25) is 25.0 Å². The summed E-state index contributed by atoms with van der Waals surface area (Å²) in [5, 5.41) is 4.34. The predicted octanol–water partition coefficient (Wildman–Crippen LogP) is 0.678. The average molecular weight is 395 g/mol. The number of primary amides is 1. The van der Waals surface area contributed by atoms with Gasteiger partial charge in [0.2, 0.25) is 11.8 Å². The molecule has 1 aromatic carbocycles. The van der Waals surface area contributed by atoms with Crippen LogP contribution in [-0.2, 0) is 9.59 Å². The molecule has 10 heteroatoms. The average Bonchev–Trinajstić information content (AvgIpc) is 3.14. The van der Waals surface area contributed by atoms with E-state index in [4.69, 9.17) is 10.5 Å². The van der Waals surface area contributed by atoms with Crippen LogP contribution in [0, 0.1) is 0 Å². The van der Waals surface area contributed by atoms with Gasteiger partial charge in [-0.05, 0) is 43.2 Å². The van der Waals surface area contributed by atoms with Gasteiger partial charge in [0.15, 0.2) is 5.54 Å². The van der Waals surface area contributed by atoms with Crippen LogP contribution in [0.15, 0.2) is 42.6 Å². The Morgan fingerprint density at radius 3 is 2.34 bits per heavy atom. The lowest BCUT2D eigenvalue weighted by atomic mass is 9.92. The van der Waals surface area contributed by atoms with Crippen molar-refractivity contribution >= 4 is 29.4 Å². The van der Waals surface area contributed by atoms with E-state index < -0.39 is 29.3 Å². The largest absolute Gasteiger partial charge is 0.439 e. The minimum absolute atomic E-state index is 0.293. The van der Waals surface area contributed by atoms with E-state index >= 15 is 0 Å². The van der Waals surface area contributed by atoms with Crippen molar-refractivity contribution in [3.8, 4) is 11.6 Å². The second-order valence-corrected chi connectivity index (χ2v) is 6.70. The zero-order chi connectivity index (χ0) is 20.6. The molecule has 4 rings (SSSR count). The van der Waals surface area contributed by atoms with Gasteiger partial charge in [-0.15, -0.1) is 0 Å². The summed E-state index contributed by atoms with van der Waals surface area (Å²) >= 11 is 0. The molecule has 3 heterocycles. The fourth-order valence-electron chi connectivity index (χ4n) is 3.59. The molecule has 4 N–H and O–H groups in total. The zero-order valence-electron chi connectivity index (χ0n) is 15.2. The standard InChI is InChI=1S/C19H17N5O5/c20-15(25)11-2-5-13(6-3-11)29-14-7-4-12(10-21-14)24-9-1-8-19(24)16(26)22-18(28)23-17(19)27/h2-7,10H,1,8-9H2,(H2,20,25)(H2,22,23,26,27,28). The summed E-state index contributed by atoms with van der Waals surface area (Å²) in [6.07, 6.45) is 2.40. The number of pyridine rings is 1. The summed E-state index contributed by atoms with van der Waals surface area (Å²) in [6, 6.07) is 8.75. The number of nitrogens with one attached hydrogen (secondary N) is 2. The molecule has 148 valence electrons. The molecule has 0 unspecified atom stereocenters. The maximum absolute atomic E-state index is 12.5. The van der Waals surface area contributed by atoms with Crippen molar-refractivity contribution in [3.63, 3.8) is 0 Å². The number of hydrogen-bond donors (Lipinski definition) is 3. The Kier molecular flexibility index (Phi) is 4.38. The van der Waals surface area contributed by atoms with Crippen molar-refractivity contribution in [3.05, 3.63) is 48.2 Å². The molecule has 0 saturated carbocycles. The van der Waals surface area contributed by atoms with Crippen molar-refractivity contribution in [2.75, 3.05) is 11.4 Å². The van der Waals surface area contributed by atoms with Gasteiger partial charge in [-0.25, -0.2) is 9.78 Å². The molecule has 5 amide bonds. The molecule has 2 aliphatic rings. The molecule has 0 bridgehead atoms. The molecule has 0 aliphatic carbocycles. The molecule has 2 fully saturated rings. The van der Waals surface area contributed by atoms with Gasteiger partial charge in [-0.2, -0.15) is 0 Å². The van der Waals surface area contributed by atoms with Gasteiger partial charge in [0.1, 0.15) is 5.75 Å². The number of amides is 5. The Balaban J connectivity index is 1.54. The van der Waals surface area contributed by atoms with Crippen LogP contribution in [0.2, 0.25) is 0 Å². The Labute approximate surface area is 165 Å². The lowest BCUT2D eigenvalue weighted by Gasteiger charge is -2.38. The molecule has 1 spiro atoms. The molecular formula is C19H17N5O5. The van der Waals surface area contributed by atoms with Gasteiger partial charge in [-0.1, -0.05) is 0 Å². The first-order valence-electron chi connectivity index (χ1n) is 8.88. The fourth-order valence-corrected chi connectivity index (χ4v) is 3.59. The molecule has 1 aromatic heterocycles. The first kappa shape index (κ1) is 18.4. The number of benzene rings is 1. The maximum atomic E-state index is 12.5. The number of anilines is 1. The third-order valence-corrected chi connectivity index (χ3v) is 4.98. The second-order valence-electron chi connectivity index (χ2n) is 6.70. The smallest absolute Gasteiger partial charge is 0.328 e. The van der Waals surface area contributed by atoms with Crippen molar-refractivity contribution in [2.45, 2.75) is 18.4 Å². The molecule has 29 heavy (non-hydrogen) atoms. The first-order valence-corrected chi connectivity index (χ1v) is 8.88. The molecule has 0 radical (unpaired) electrons. The van der Waals surface area contributed by atoms with Gasteiger partial charge < -0.3 is 15.4 Å². The van der Waals surface area contributed by atoms with Crippen LogP contribution in [0.5, 0.6) is 11.6 Å². The highest BCUT2D eigenvalue weighted by Crippen LogP contribution is 2.36. The number of urea groups is 1. The number of rotatable bonds is 4. The second kappa shape index (κ2) is 6.89. The first-order chi connectivity index (χ1) is 13.9. The minimum Gasteiger partial charge on any atom is -0.439 e. The van der Waals surface area contributed by atoms with Crippen LogP contribution < -0.4 is 26.0 Å². The third kappa shape index (κ3) is 3.14. The summed E-state index contributed by atoms with van der Waals surface area (Å²) in [6.45, 7) is 0.464. The summed E-state index contributed by atoms with van der Waals surface area (Å²) in [4.78, 5) is 53.4. The number of aromatic nitrogens is 1. The van der Waals surface area contributed by atoms with Gasteiger partial charge in [0, 0.05) is 18.2 Å². The number of ether oxygens (including phenoxy) is 1. The third-order valence-electron chi connectivity index (χ3n) is 4.98. The Morgan fingerprint density at radius 1 is 1.07 bits per heavy atom. The van der Waals surface area contributed by atoms with Crippen LogP contribution in [-0.4, -0.2) is 40.8 Å². The fraction of sp³-hybridized carbons (Fsp3) is 0.211. The molecule has 2 aromatic rings. The lowest BCUT2D eigenvalue weighted by Crippen LogP contribution is -2.71. The number of imide groups is 2. The van der Waals surface area contributed by atoms with Gasteiger partial charge in [0.25, 0.3) is 11.8 Å². The molecule has 0 atom stereocenters. The lowest BCUT2D eigenvalue weighted by molar-refractivity contribution is -0.137. The van der Waals surface area contributed by atoms with Gasteiger partial charge in [0.05, 0.1) is 11.9 Å². The monoisotopic (exact) mass is 395 g/mol. The number of carbonyl (C=O) groups is 4. The van der Waals surface area contributed by atoms with Crippen LogP contribution in [0.1, 0.15) is 23.2 Å². The van der Waals surface area contributed by atoms with E-state index in [-0.39, 0.29) is 0 Å². The summed E-state index contributed by atoms with van der Waals surface area (Å²) in [5.41, 5.74) is 4.65. The van der Waals surface area contributed by atoms with E-state index in [0.29, 0.717) is 42.3 Å². The van der Waals surface area contributed by atoms with E-state index in [1.165, 1.54) is 6.20 Å². The van der Waals surface area contributed by atoms with Crippen molar-refractivity contribution < 1.29 is 23.9 Å². The number of hydrogen-bond acceptors (Lipinski definition) is 7. The minimum atomic E-state index is -1.47. The van der Waals surface area contributed by atoms with E-state index in [1.54, 1.807) is 41.3 Å². The SMILES string of the molecule is NC(=O)c1ccc(Oc2ccc(N3CCCC34C(=O)NC(=O)NC4=O)cn2)cc1. The van der Waals surface area contributed by atoms with E-state index in [1.807, 2.05) is 0 Å². The summed E-state index contributed by atoms with van der Waals surface area (Å²) in [7, 11) is 0. The van der Waals surface area contributed by atoms with E-state index in [2.05, 4.69) is 15.6 Å². The highest BCUT2D eigenvalue weighted by atomic mass is 16.5. The molecule has 10 nitrogen and oxygen atoms in total. The normalized spacial score (nSPS) is 17.8. The zero-order valence-corrected chi connectivity index (χ0v) is 15.2. The molecule has 2 aliphatic heterocycles. The Morgan fingerprint density at radius 2 is 1.76 bits per heavy atom. The topological polar surface area (TPSA) is 144 Å². The van der Waals surface area contributed by atoms with Gasteiger partial charge >= 0.3 is 6.03 Å². The summed E-state index contributed by atoms with van der Waals surface area (Å²) < 4.78 is 5.64. The Bertz CT molecular complexity index is 983. The highest BCUT2D eigenvalue weighted by Gasteiger charge is 2.57. The molecular weight excluding hydrogens is 378 g/mol. The van der Waals surface area contributed by atoms with E-state index in [9.17, 15) is 19.2 Å². The van der Waals surface area contributed by atoms with Crippen molar-refractivity contribution in [1.82, 2.24) is 15.6 Å². The quantitative estimate of drug-likeness (QED) is 0.646. The van der Waals surface area contributed by atoms with Crippen LogP contribution >= 0.6 is 0 Å². The van der Waals surface area contributed by atoms with Crippen molar-refractivity contribution in [2.24, 2.45) is 5.73 Å². The van der Waals surface area contributed by atoms with E-state index in [0.717, 1.165) is 0 Å². The predicted molar refractivity (Wildman–Crippen MR) is 100 cm³/mol. The van der Waals surface area contributed by atoms with Crippen LogP contribution in [0.3, 0.4) is 0 Å². The van der Waals surface area contributed by atoms with Crippen molar-refractivity contribution in [1.29, 1.82) is 0 Å². The summed E-state index contributed by atoms with van der Waals surface area (Å²) in [5.74, 6) is -1.05. The number of nitrogens with zero attached hydrogens (tertiary/aromatic N) is 2. The molecule has 2 saturated heterocycles. The highest BCUT2D eigenvalue weighted by molar-refractivity contribution is 6.24.